The molecule has 0 unspecified atom stereocenters. The van der Waals surface area contributed by atoms with Gasteiger partial charge in [0.25, 0.3) is 0 Å². The van der Waals surface area contributed by atoms with Gasteiger partial charge in [-0.1, -0.05) is 35.9 Å². The maximum absolute atomic E-state index is 12.5. The molecule has 0 aliphatic heterocycles. The van der Waals surface area contributed by atoms with Crippen molar-refractivity contribution >= 4 is 17.7 Å². The number of aromatic hydroxyl groups is 1. The molecule has 0 fully saturated rings. The minimum absolute atomic E-state index is 0.0926. The van der Waals surface area contributed by atoms with Crippen molar-refractivity contribution in [1.29, 1.82) is 0 Å². The fraction of sp³-hybridized carbons (Fsp3) is 0.273. The number of carboxylic acids is 1. The quantitative estimate of drug-likeness (QED) is 0.539. The number of ether oxygens (including phenoxy) is 2. The number of allylic oxidation sites excluding steroid dienone is 1. The van der Waals surface area contributed by atoms with Crippen LogP contribution in [-0.4, -0.2) is 35.5 Å². The second-order valence-electron chi connectivity index (χ2n) is 6.50. The molecule has 2 aromatic rings. The van der Waals surface area contributed by atoms with Gasteiger partial charge in [0, 0.05) is 18.9 Å². The van der Waals surface area contributed by atoms with E-state index in [1.54, 1.807) is 24.3 Å². The Morgan fingerprint density at radius 1 is 1.10 bits per heavy atom. The van der Waals surface area contributed by atoms with Crippen molar-refractivity contribution in [1.82, 2.24) is 0 Å². The lowest BCUT2D eigenvalue weighted by molar-refractivity contribution is -0.131. The van der Waals surface area contributed by atoms with E-state index in [4.69, 9.17) is 14.6 Å². The molecular weight excluding hydrogens is 374 g/mol. The smallest absolute Gasteiger partial charge is 0.412 e. The van der Waals surface area contributed by atoms with Crippen LogP contribution in [0.1, 0.15) is 30.1 Å². The van der Waals surface area contributed by atoms with Crippen molar-refractivity contribution in [3.63, 3.8) is 0 Å². The largest absolute Gasteiger partial charge is 0.508 e. The van der Waals surface area contributed by atoms with Gasteiger partial charge < -0.3 is 19.7 Å². The van der Waals surface area contributed by atoms with Crippen LogP contribution in [0, 0.1) is 6.92 Å². The van der Waals surface area contributed by atoms with E-state index in [1.807, 2.05) is 19.1 Å². The Labute approximate surface area is 169 Å². The number of carbonyl (C=O) groups excluding carboxylic acids is 1. The Morgan fingerprint density at radius 2 is 1.76 bits per heavy atom. The Bertz CT molecular complexity index is 829. The van der Waals surface area contributed by atoms with Gasteiger partial charge in [-0.3, -0.25) is 5.32 Å². The highest BCUT2D eigenvalue weighted by Crippen LogP contribution is 2.28. The first-order valence-electron chi connectivity index (χ1n) is 9.14. The lowest BCUT2D eigenvalue weighted by Crippen LogP contribution is -2.28. The zero-order chi connectivity index (χ0) is 21.2. The standard InChI is InChI=1S/C22H25NO6/c1-15-7-11-17(12-8-15)23-22(27)29-21(16-9-13-18(24)14-10-16)19(28-2)5-3-4-6-20(25)26/h4,6-14,19,21,24H,3,5H2,1-2H3,(H,23,27)(H,25,26)/b6-4+/t19-,21-/m1/s1. The number of phenolic OH excluding ortho intramolecular Hbond substituents is 1. The van der Waals surface area contributed by atoms with E-state index in [0.717, 1.165) is 11.6 Å². The number of hydrogen-bond donors (Lipinski definition) is 3. The van der Waals surface area contributed by atoms with Gasteiger partial charge in [0.1, 0.15) is 5.75 Å². The molecule has 29 heavy (non-hydrogen) atoms. The molecule has 0 radical (unpaired) electrons. The highest BCUT2D eigenvalue weighted by atomic mass is 16.6. The van der Waals surface area contributed by atoms with Crippen molar-refractivity contribution in [3.05, 3.63) is 71.8 Å². The number of phenols is 1. The van der Waals surface area contributed by atoms with Crippen LogP contribution in [0.4, 0.5) is 10.5 Å². The molecule has 2 atom stereocenters. The van der Waals surface area contributed by atoms with E-state index >= 15 is 0 Å². The van der Waals surface area contributed by atoms with E-state index in [0.29, 0.717) is 24.1 Å². The second-order valence-corrected chi connectivity index (χ2v) is 6.50. The van der Waals surface area contributed by atoms with E-state index in [2.05, 4.69) is 5.32 Å². The van der Waals surface area contributed by atoms with Gasteiger partial charge in [0.15, 0.2) is 6.10 Å². The number of anilines is 1. The number of rotatable bonds is 9. The molecule has 0 heterocycles. The predicted octanol–water partition coefficient (Wildman–Crippen LogP) is 4.43. The second kappa shape index (κ2) is 10.9. The fourth-order valence-corrected chi connectivity index (χ4v) is 2.76. The summed E-state index contributed by atoms with van der Waals surface area (Å²) in [5.74, 6) is -0.933. The van der Waals surface area contributed by atoms with E-state index in [-0.39, 0.29) is 5.75 Å². The minimum atomic E-state index is -1.03. The summed E-state index contributed by atoms with van der Waals surface area (Å²) >= 11 is 0. The number of benzene rings is 2. The highest BCUT2D eigenvalue weighted by Gasteiger charge is 2.27. The molecular formula is C22H25NO6. The lowest BCUT2D eigenvalue weighted by Gasteiger charge is -2.26. The first-order valence-corrected chi connectivity index (χ1v) is 9.14. The summed E-state index contributed by atoms with van der Waals surface area (Å²) in [6.45, 7) is 1.95. The van der Waals surface area contributed by atoms with Crippen molar-refractivity contribution < 1.29 is 29.3 Å². The third kappa shape index (κ3) is 7.31. The van der Waals surface area contributed by atoms with Crippen LogP contribution in [0.15, 0.2) is 60.7 Å². The summed E-state index contributed by atoms with van der Waals surface area (Å²) < 4.78 is 11.2. The summed E-state index contributed by atoms with van der Waals surface area (Å²) in [7, 11) is 1.50. The average Bonchev–Trinajstić information content (AvgIpc) is 2.69. The van der Waals surface area contributed by atoms with Gasteiger partial charge >= 0.3 is 12.1 Å². The third-order valence-corrected chi connectivity index (χ3v) is 4.27. The Hall–Kier alpha value is -3.32. The van der Waals surface area contributed by atoms with Gasteiger partial charge in [-0.05, 0) is 49.6 Å². The van der Waals surface area contributed by atoms with Crippen molar-refractivity contribution in [2.45, 2.75) is 32.0 Å². The van der Waals surface area contributed by atoms with Gasteiger partial charge in [0.05, 0.1) is 6.10 Å². The SMILES string of the molecule is CO[C@H](CC/C=C/C(=O)O)[C@H](OC(=O)Nc1ccc(C)cc1)c1ccc(O)cc1. The fourth-order valence-electron chi connectivity index (χ4n) is 2.76. The van der Waals surface area contributed by atoms with Crippen LogP contribution in [0.25, 0.3) is 0 Å². The molecule has 2 aromatic carbocycles. The first-order chi connectivity index (χ1) is 13.9. The number of carboxylic acid groups (broad SMARTS) is 1. The van der Waals surface area contributed by atoms with Crippen LogP contribution < -0.4 is 5.32 Å². The van der Waals surface area contributed by atoms with E-state index < -0.39 is 24.3 Å². The molecule has 1 amide bonds. The van der Waals surface area contributed by atoms with E-state index in [9.17, 15) is 14.7 Å². The molecule has 154 valence electrons. The number of aryl methyl sites for hydroxylation is 1. The molecule has 7 nitrogen and oxygen atoms in total. The monoisotopic (exact) mass is 399 g/mol. The van der Waals surface area contributed by atoms with Crippen molar-refractivity contribution in [3.8, 4) is 5.75 Å². The molecule has 0 aliphatic rings. The highest BCUT2D eigenvalue weighted by molar-refractivity contribution is 5.84. The molecule has 2 rings (SSSR count). The van der Waals surface area contributed by atoms with Crippen molar-refractivity contribution in [2.24, 2.45) is 0 Å². The number of carbonyl (C=O) groups is 2. The van der Waals surface area contributed by atoms with Crippen LogP contribution in [-0.2, 0) is 14.3 Å². The number of hydrogen-bond acceptors (Lipinski definition) is 5. The Kier molecular flexibility index (Phi) is 8.24. The zero-order valence-corrected chi connectivity index (χ0v) is 16.4. The normalized spacial score (nSPS) is 13.0. The molecule has 0 aliphatic carbocycles. The number of methoxy groups -OCH3 is 1. The maximum atomic E-state index is 12.5. The summed E-state index contributed by atoms with van der Waals surface area (Å²) in [5.41, 5.74) is 2.32. The summed E-state index contributed by atoms with van der Waals surface area (Å²) in [6.07, 6.45) is 1.55. The summed E-state index contributed by atoms with van der Waals surface area (Å²) in [4.78, 5) is 23.1. The van der Waals surface area contributed by atoms with E-state index in [1.165, 1.54) is 25.3 Å². The van der Waals surface area contributed by atoms with Crippen LogP contribution in [0.5, 0.6) is 5.75 Å². The van der Waals surface area contributed by atoms with Gasteiger partial charge in [-0.15, -0.1) is 0 Å². The predicted molar refractivity (Wildman–Crippen MR) is 109 cm³/mol. The number of amides is 1. The summed E-state index contributed by atoms with van der Waals surface area (Å²) in [6, 6.07) is 13.6. The van der Waals surface area contributed by atoms with Gasteiger partial charge in [0.2, 0.25) is 0 Å². The molecule has 0 saturated heterocycles. The van der Waals surface area contributed by atoms with Crippen LogP contribution >= 0.6 is 0 Å². The summed E-state index contributed by atoms with van der Waals surface area (Å²) in [5, 5.41) is 20.9. The van der Waals surface area contributed by atoms with Gasteiger partial charge in [-0.25, -0.2) is 9.59 Å². The molecule has 0 bridgehead atoms. The molecule has 3 N–H and O–H groups in total. The zero-order valence-electron chi connectivity index (χ0n) is 16.4. The van der Waals surface area contributed by atoms with Crippen LogP contribution in [0.3, 0.4) is 0 Å². The minimum Gasteiger partial charge on any atom is -0.508 e. The Balaban J connectivity index is 2.14. The van der Waals surface area contributed by atoms with Crippen LogP contribution in [0.2, 0.25) is 0 Å². The molecule has 0 aromatic heterocycles. The topological polar surface area (TPSA) is 105 Å². The lowest BCUT2D eigenvalue weighted by atomic mass is 10.00. The third-order valence-electron chi connectivity index (χ3n) is 4.27. The average molecular weight is 399 g/mol. The number of aliphatic carboxylic acids is 1. The first kappa shape index (κ1) is 22.0. The van der Waals surface area contributed by atoms with Crippen molar-refractivity contribution in [2.75, 3.05) is 12.4 Å². The Morgan fingerprint density at radius 3 is 2.34 bits per heavy atom. The molecule has 7 heteroatoms. The molecule has 0 saturated carbocycles. The maximum Gasteiger partial charge on any atom is 0.412 e. The molecule has 0 spiro atoms. The van der Waals surface area contributed by atoms with Gasteiger partial charge in [-0.2, -0.15) is 0 Å². The number of nitrogens with one attached hydrogen (secondary N) is 1.